The van der Waals surface area contributed by atoms with Crippen LogP contribution >= 0.6 is 0 Å². The maximum atomic E-state index is 13.6. The maximum absolute atomic E-state index is 13.6. The molecule has 2 aromatic rings. The summed E-state index contributed by atoms with van der Waals surface area (Å²) in [6, 6.07) is 8.59. The van der Waals surface area contributed by atoms with Gasteiger partial charge in [0.2, 0.25) is 0 Å². The van der Waals surface area contributed by atoms with E-state index < -0.39 is 23.4 Å². The van der Waals surface area contributed by atoms with Crippen molar-refractivity contribution in [1.29, 1.82) is 0 Å². The van der Waals surface area contributed by atoms with Crippen molar-refractivity contribution in [2.75, 3.05) is 7.05 Å². The third-order valence-electron chi connectivity index (χ3n) is 3.45. The van der Waals surface area contributed by atoms with E-state index in [9.17, 15) is 22.0 Å². The van der Waals surface area contributed by atoms with Gasteiger partial charge >= 0.3 is 6.18 Å². The molecule has 0 radical (unpaired) electrons. The number of hydrogen-bond acceptors (Lipinski definition) is 1. The first kappa shape index (κ1) is 18.7. The highest BCUT2D eigenvalue weighted by molar-refractivity contribution is 5.79. The summed E-state index contributed by atoms with van der Waals surface area (Å²) in [4.78, 5) is 3.87. The predicted octanol–water partition coefficient (Wildman–Crippen LogP) is 3.85. The van der Waals surface area contributed by atoms with Gasteiger partial charge in [-0.15, -0.1) is 0 Å². The normalized spacial score (nSPS) is 12.2. The summed E-state index contributed by atoms with van der Waals surface area (Å²) in [6.45, 7) is -0.103. The van der Waals surface area contributed by atoms with Crippen LogP contribution in [-0.4, -0.2) is 13.0 Å². The Morgan fingerprint density at radius 3 is 2.20 bits per heavy atom. The zero-order valence-electron chi connectivity index (χ0n) is 13.3. The van der Waals surface area contributed by atoms with Crippen molar-refractivity contribution in [3.05, 3.63) is 70.8 Å². The number of rotatable bonds is 4. The summed E-state index contributed by atoms with van der Waals surface area (Å²) in [7, 11) is 1.44. The molecule has 0 saturated heterocycles. The Morgan fingerprint density at radius 1 is 0.960 bits per heavy atom. The summed E-state index contributed by atoms with van der Waals surface area (Å²) in [5.41, 5.74) is -0.782. The number of halogens is 5. The molecule has 2 N–H and O–H groups in total. The van der Waals surface area contributed by atoms with Crippen LogP contribution in [0.5, 0.6) is 0 Å². The zero-order chi connectivity index (χ0) is 18.4. The highest BCUT2D eigenvalue weighted by Crippen LogP contribution is 2.32. The second kappa shape index (κ2) is 7.96. The number of aliphatic imine (C=N–C) groups is 1. The lowest BCUT2D eigenvalue weighted by Crippen LogP contribution is -2.37. The Labute approximate surface area is 141 Å². The van der Waals surface area contributed by atoms with E-state index in [1.54, 1.807) is 18.2 Å². The van der Waals surface area contributed by atoms with Crippen molar-refractivity contribution in [1.82, 2.24) is 10.6 Å². The van der Waals surface area contributed by atoms with Crippen LogP contribution in [0, 0.1) is 11.6 Å². The molecule has 2 aromatic carbocycles. The lowest BCUT2D eigenvalue weighted by molar-refractivity contribution is -0.138. The minimum Gasteiger partial charge on any atom is -0.352 e. The first-order valence-electron chi connectivity index (χ1n) is 7.35. The van der Waals surface area contributed by atoms with Crippen LogP contribution in [0.2, 0.25) is 0 Å². The van der Waals surface area contributed by atoms with Crippen molar-refractivity contribution >= 4 is 5.96 Å². The van der Waals surface area contributed by atoms with Gasteiger partial charge in [0.05, 0.1) is 5.56 Å². The number of nitrogens with zero attached hydrogens (tertiary/aromatic N) is 1. The van der Waals surface area contributed by atoms with Crippen LogP contribution in [-0.2, 0) is 19.3 Å². The Bertz CT molecular complexity index is 756. The molecule has 8 heteroatoms. The molecule has 0 unspecified atom stereocenters. The van der Waals surface area contributed by atoms with Gasteiger partial charge in [-0.1, -0.05) is 24.3 Å². The molecule has 0 amide bonds. The van der Waals surface area contributed by atoms with E-state index in [-0.39, 0.29) is 24.6 Å². The molecule has 0 fully saturated rings. The van der Waals surface area contributed by atoms with E-state index in [1.807, 2.05) is 0 Å². The molecule has 3 nitrogen and oxygen atoms in total. The molecule has 25 heavy (non-hydrogen) atoms. The number of benzene rings is 2. The average molecular weight is 357 g/mol. The SMILES string of the molecule is CN=C(NCc1ccccc1F)NCc1ccc(F)cc1C(F)(F)F. The second-order valence-corrected chi connectivity index (χ2v) is 5.17. The van der Waals surface area contributed by atoms with Crippen molar-refractivity contribution in [3.8, 4) is 0 Å². The summed E-state index contributed by atoms with van der Waals surface area (Å²) in [5, 5.41) is 5.51. The van der Waals surface area contributed by atoms with E-state index in [1.165, 1.54) is 13.1 Å². The van der Waals surface area contributed by atoms with Crippen molar-refractivity contribution < 1.29 is 22.0 Å². The van der Waals surface area contributed by atoms with Crippen LogP contribution in [0.4, 0.5) is 22.0 Å². The molecule has 0 aliphatic heterocycles. The molecular weight excluding hydrogens is 341 g/mol. The van der Waals surface area contributed by atoms with E-state index in [0.29, 0.717) is 11.6 Å². The summed E-state index contributed by atoms with van der Waals surface area (Å²) in [6.07, 6.45) is -4.66. The number of guanidine groups is 1. The minimum atomic E-state index is -4.66. The van der Waals surface area contributed by atoms with E-state index >= 15 is 0 Å². The molecule has 0 heterocycles. The molecule has 0 bridgehead atoms. The van der Waals surface area contributed by atoms with E-state index in [4.69, 9.17) is 0 Å². The Morgan fingerprint density at radius 2 is 1.60 bits per heavy atom. The Balaban J connectivity index is 2.03. The van der Waals surface area contributed by atoms with Gasteiger partial charge in [-0.25, -0.2) is 8.78 Å². The molecule has 0 atom stereocenters. The van der Waals surface area contributed by atoms with Gasteiger partial charge in [0, 0.05) is 25.7 Å². The standard InChI is InChI=1S/C17H16F5N3/c1-23-16(25-10-12-4-2-3-5-15(12)19)24-9-11-6-7-13(18)8-14(11)17(20,21)22/h2-8H,9-10H2,1H3,(H2,23,24,25). The van der Waals surface area contributed by atoms with Gasteiger partial charge in [-0.3, -0.25) is 4.99 Å². The Hall–Kier alpha value is -2.64. The lowest BCUT2D eigenvalue weighted by Gasteiger charge is -2.16. The molecular formula is C17H16F5N3. The monoisotopic (exact) mass is 357 g/mol. The number of hydrogen-bond donors (Lipinski definition) is 2. The quantitative estimate of drug-likeness (QED) is 0.495. The molecule has 0 aromatic heterocycles. The van der Waals surface area contributed by atoms with Crippen LogP contribution in [0.15, 0.2) is 47.5 Å². The average Bonchev–Trinajstić information content (AvgIpc) is 2.56. The van der Waals surface area contributed by atoms with Crippen LogP contribution < -0.4 is 10.6 Å². The highest BCUT2D eigenvalue weighted by Gasteiger charge is 2.33. The maximum Gasteiger partial charge on any atom is 0.416 e. The molecule has 0 aliphatic carbocycles. The predicted molar refractivity (Wildman–Crippen MR) is 84.8 cm³/mol. The molecule has 0 spiro atoms. The minimum absolute atomic E-state index is 0.113. The smallest absolute Gasteiger partial charge is 0.352 e. The van der Waals surface area contributed by atoms with E-state index in [0.717, 1.165) is 12.1 Å². The van der Waals surface area contributed by atoms with Gasteiger partial charge in [-0.05, 0) is 23.8 Å². The topological polar surface area (TPSA) is 36.4 Å². The largest absolute Gasteiger partial charge is 0.416 e. The molecule has 2 rings (SSSR count). The lowest BCUT2D eigenvalue weighted by atomic mass is 10.1. The summed E-state index contributed by atoms with van der Waals surface area (Å²) >= 11 is 0. The molecule has 0 saturated carbocycles. The third-order valence-corrected chi connectivity index (χ3v) is 3.45. The number of alkyl halides is 3. The van der Waals surface area contributed by atoms with Gasteiger partial charge in [-0.2, -0.15) is 13.2 Å². The fourth-order valence-electron chi connectivity index (χ4n) is 2.19. The van der Waals surface area contributed by atoms with E-state index in [2.05, 4.69) is 15.6 Å². The van der Waals surface area contributed by atoms with Crippen LogP contribution in [0.3, 0.4) is 0 Å². The fraction of sp³-hybridized carbons (Fsp3) is 0.235. The van der Waals surface area contributed by atoms with Gasteiger partial charge in [0.25, 0.3) is 0 Å². The summed E-state index contributed by atoms with van der Waals surface area (Å²) in [5.74, 6) is -1.16. The second-order valence-electron chi connectivity index (χ2n) is 5.17. The van der Waals surface area contributed by atoms with Crippen LogP contribution in [0.25, 0.3) is 0 Å². The van der Waals surface area contributed by atoms with Crippen LogP contribution in [0.1, 0.15) is 16.7 Å². The first-order valence-corrected chi connectivity index (χ1v) is 7.35. The van der Waals surface area contributed by atoms with Gasteiger partial charge in [0.1, 0.15) is 11.6 Å². The van der Waals surface area contributed by atoms with Crippen molar-refractivity contribution in [3.63, 3.8) is 0 Å². The Kier molecular flexibility index (Phi) is 5.95. The highest BCUT2D eigenvalue weighted by atomic mass is 19.4. The number of nitrogens with one attached hydrogen (secondary N) is 2. The van der Waals surface area contributed by atoms with Crippen molar-refractivity contribution in [2.24, 2.45) is 4.99 Å². The van der Waals surface area contributed by atoms with Gasteiger partial charge < -0.3 is 10.6 Å². The zero-order valence-corrected chi connectivity index (χ0v) is 13.3. The van der Waals surface area contributed by atoms with Crippen molar-refractivity contribution in [2.45, 2.75) is 19.3 Å². The molecule has 0 aliphatic rings. The first-order chi connectivity index (χ1) is 11.8. The fourth-order valence-corrected chi connectivity index (χ4v) is 2.19. The third kappa shape index (κ3) is 5.17. The summed E-state index contributed by atoms with van der Waals surface area (Å²) < 4.78 is 65.6. The van der Waals surface area contributed by atoms with Gasteiger partial charge in [0.15, 0.2) is 5.96 Å². The molecule has 134 valence electrons.